The first kappa shape index (κ1) is 12.8. The number of ether oxygens (including phenoxy) is 2. The van der Waals surface area contributed by atoms with Crippen molar-refractivity contribution in [1.82, 2.24) is 0 Å². The quantitative estimate of drug-likeness (QED) is 0.630. The Kier molecular flexibility index (Phi) is 3.01. The van der Waals surface area contributed by atoms with Gasteiger partial charge in [0.05, 0.1) is 14.2 Å². The maximum Gasteiger partial charge on any atom is 0.134 e. The number of methoxy groups -OCH3 is 2. The molecule has 0 N–H and O–H groups in total. The van der Waals surface area contributed by atoms with Gasteiger partial charge in [-0.25, -0.2) is 0 Å². The Morgan fingerprint density at radius 1 is 0.650 bits per heavy atom. The van der Waals surface area contributed by atoms with E-state index in [0.717, 1.165) is 33.0 Å². The van der Waals surface area contributed by atoms with Gasteiger partial charge in [-0.1, -0.05) is 24.3 Å². The van der Waals surface area contributed by atoms with Crippen molar-refractivity contribution in [3.05, 3.63) is 47.5 Å². The van der Waals surface area contributed by atoms with E-state index in [-0.39, 0.29) is 0 Å². The van der Waals surface area contributed by atoms with Crippen molar-refractivity contribution in [2.24, 2.45) is 0 Å². The van der Waals surface area contributed by atoms with Crippen molar-refractivity contribution in [2.75, 3.05) is 14.2 Å². The largest absolute Gasteiger partial charge is 0.495 e. The summed E-state index contributed by atoms with van der Waals surface area (Å²) in [5.41, 5.74) is 2.52. The summed E-state index contributed by atoms with van der Waals surface area (Å²) < 4.78 is 11.4. The average molecular weight is 266 g/mol. The molecule has 0 aliphatic rings. The van der Waals surface area contributed by atoms with Crippen molar-refractivity contribution in [1.29, 1.82) is 0 Å². The molecule has 0 unspecified atom stereocenters. The van der Waals surface area contributed by atoms with Crippen LogP contribution in [0.2, 0.25) is 0 Å². The summed E-state index contributed by atoms with van der Waals surface area (Å²) in [5, 5.41) is 4.38. The van der Waals surface area contributed by atoms with Gasteiger partial charge < -0.3 is 9.47 Å². The van der Waals surface area contributed by atoms with Crippen LogP contribution in [0.4, 0.5) is 0 Å². The van der Waals surface area contributed by atoms with Crippen LogP contribution >= 0.6 is 0 Å². The third-order valence-corrected chi connectivity index (χ3v) is 3.95. The van der Waals surface area contributed by atoms with E-state index in [2.05, 4.69) is 38.1 Å². The lowest BCUT2D eigenvalue weighted by Gasteiger charge is -2.16. The molecular weight excluding hydrogens is 248 g/mol. The number of benzene rings is 3. The molecule has 20 heavy (non-hydrogen) atoms. The summed E-state index contributed by atoms with van der Waals surface area (Å²) in [6.07, 6.45) is 0. The molecule has 0 saturated carbocycles. The second-order valence-electron chi connectivity index (χ2n) is 5.09. The topological polar surface area (TPSA) is 18.5 Å². The van der Waals surface area contributed by atoms with Crippen molar-refractivity contribution >= 4 is 21.5 Å². The second-order valence-corrected chi connectivity index (χ2v) is 5.09. The predicted molar refractivity (Wildman–Crippen MR) is 84.0 cm³/mol. The molecule has 2 heteroatoms. The summed E-state index contributed by atoms with van der Waals surface area (Å²) in [6.45, 7) is 4.24. The summed E-state index contributed by atoms with van der Waals surface area (Å²) >= 11 is 0. The van der Waals surface area contributed by atoms with Crippen LogP contribution in [-0.4, -0.2) is 14.2 Å². The fraction of sp³-hybridized carbons (Fsp3) is 0.222. The molecular formula is C18H18O2. The smallest absolute Gasteiger partial charge is 0.134 e. The molecule has 0 aromatic heterocycles. The molecule has 0 atom stereocenters. The average Bonchev–Trinajstić information content (AvgIpc) is 2.46. The van der Waals surface area contributed by atoms with E-state index in [0.29, 0.717) is 0 Å². The molecule has 0 radical (unpaired) electrons. The minimum Gasteiger partial charge on any atom is -0.495 e. The van der Waals surface area contributed by atoms with Crippen molar-refractivity contribution in [3.63, 3.8) is 0 Å². The molecule has 0 aliphatic heterocycles. The van der Waals surface area contributed by atoms with Gasteiger partial charge in [-0.05, 0) is 37.1 Å². The van der Waals surface area contributed by atoms with Crippen LogP contribution in [0, 0.1) is 13.8 Å². The van der Waals surface area contributed by atoms with Crippen LogP contribution in [0.5, 0.6) is 11.5 Å². The lowest BCUT2D eigenvalue weighted by atomic mass is 9.96. The second kappa shape index (κ2) is 4.71. The molecule has 3 aromatic rings. The third-order valence-electron chi connectivity index (χ3n) is 3.95. The number of rotatable bonds is 2. The molecule has 2 nitrogen and oxygen atoms in total. The van der Waals surface area contributed by atoms with Gasteiger partial charge in [0.2, 0.25) is 0 Å². The molecule has 0 aliphatic carbocycles. The Bertz CT molecular complexity index is 735. The zero-order chi connectivity index (χ0) is 14.3. The monoisotopic (exact) mass is 266 g/mol. The van der Waals surface area contributed by atoms with E-state index >= 15 is 0 Å². The Hall–Kier alpha value is -2.22. The standard InChI is InChI=1S/C18H18O2/c1-11-9-15-16(10-12(11)2)18(20-4)14-8-6-5-7-13(14)17(15)19-3/h5-10H,1-4H3. The minimum absolute atomic E-state index is 0.916. The minimum atomic E-state index is 0.916. The van der Waals surface area contributed by atoms with E-state index in [1.807, 2.05) is 12.1 Å². The zero-order valence-electron chi connectivity index (χ0n) is 12.3. The fourth-order valence-corrected chi connectivity index (χ4v) is 2.80. The van der Waals surface area contributed by atoms with Gasteiger partial charge in [-0.15, -0.1) is 0 Å². The molecule has 0 bridgehead atoms. The molecule has 0 heterocycles. The van der Waals surface area contributed by atoms with E-state index in [9.17, 15) is 0 Å². The predicted octanol–water partition coefficient (Wildman–Crippen LogP) is 4.63. The summed E-state index contributed by atoms with van der Waals surface area (Å²) in [6, 6.07) is 12.6. The number of fused-ring (bicyclic) bond motifs is 2. The summed E-state index contributed by atoms with van der Waals surface area (Å²) in [5.74, 6) is 1.83. The number of hydrogen-bond donors (Lipinski definition) is 0. The van der Waals surface area contributed by atoms with E-state index < -0.39 is 0 Å². The van der Waals surface area contributed by atoms with Crippen LogP contribution in [-0.2, 0) is 0 Å². The Labute approximate surface area is 118 Å². The highest BCUT2D eigenvalue weighted by Crippen LogP contribution is 2.43. The van der Waals surface area contributed by atoms with Gasteiger partial charge in [0.1, 0.15) is 11.5 Å². The highest BCUT2D eigenvalue weighted by Gasteiger charge is 2.15. The van der Waals surface area contributed by atoms with Crippen LogP contribution < -0.4 is 9.47 Å². The van der Waals surface area contributed by atoms with Gasteiger partial charge in [0, 0.05) is 21.5 Å². The third kappa shape index (κ3) is 1.72. The van der Waals surface area contributed by atoms with Crippen molar-refractivity contribution in [3.8, 4) is 11.5 Å². The molecule has 0 spiro atoms. The van der Waals surface area contributed by atoms with Crippen LogP contribution in [0.1, 0.15) is 11.1 Å². The number of hydrogen-bond acceptors (Lipinski definition) is 2. The first-order valence-corrected chi connectivity index (χ1v) is 6.71. The normalized spacial score (nSPS) is 11.0. The molecule has 3 rings (SSSR count). The maximum atomic E-state index is 5.68. The maximum absolute atomic E-state index is 5.68. The Balaban J connectivity index is 2.61. The van der Waals surface area contributed by atoms with Crippen molar-refractivity contribution in [2.45, 2.75) is 13.8 Å². The first-order chi connectivity index (χ1) is 9.67. The van der Waals surface area contributed by atoms with Crippen LogP contribution in [0.15, 0.2) is 36.4 Å². The highest BCUT2D eigenvalue weighted by molar-refractivity contribution is 6.11. The van der Waals surface area contributed by atoms with Crippen molar-refractivity contribution < 1.29 is 9.47 Å². The molecule has 0 saturated heterocycles. The Morgan fingerprint density at radius 3 is 1.40 bits per heavy atom. The fourth-order valence-electron chi connectivity index (χ4n) is 2.80. The van der Waals surface area contributed by atoms with Gasteiger partial charge in [0.25, 0.3) is 0 Å². The van der Waals surface area contributed by atoms with E-state index in [4.69, 9.17) is 9.47 Å². The molecule has 102 valence electrons. The lowest BCUT2D eigenvalue weighted by molar-refractivity contribution is 0.417. The van der Waals surface area contributed by atoms with Crippen LogP contribution in [0.25, 0.3) is 21.5 Å². The van der Waals surface area contributed by atoms with Gasteiger partial charge >= 0.3 is 0 Å². The lowest BCUT2D eigenvalue weighted by Crippen LogP contribution is -1.94. The highest BCUT2D eigenvalue weighted by atomic mass is 16.5. The van der Waals surface area contributed by atoms with Gasteiger partial charge in [-0.3, -0.25) is 0 Å². The molecule has 3 aromatic carbocycles. The van der Waals surface area contributed by atoms with Gasteiger partial charge in [0.15, 0.2) is 0 Å². The zero-order valence-corrected chi connectivity index (χ0v) is 12.3. The number of aryl methyl sites for hydroxylation is 2. The summed E-state index contributed by atoms with van der Waals surface area (Å²) in [4.78, 5) is 0. The van der Waals surface area contributed by atoms with Crippen LogP contribution in [0.3, 0.4) is 0 Å². The molecule has 0 fully saturated rings. The SMILES string of the molecule is COc1c2ccccc2c(OC)c2cc(C)c(C)cc12. The Morgan fingerprint density at radius 2 is 1.05 bits per heavy atom. The van der Waals surface area contributed by atoms with Gasteiger partial charge in [-0.2, -0.15) is 0 Å². The first-order valence-electron chi connectivity index (χ1n) is 6.71. The molecule has 0 amide bonds. The van der Waals surface area contributed by atoms with E-state index in [1.165, 1.54) is 11.1 Å². The van der Waals surface area contributed by atoms with E-state index in [1.54, 1.807) is 14.2 Å². The summed E-state index contributed by atoms with van der Waals surface area (Å²) in [7, 11) is 3.45.